The molecule has 1 fully saturated rings. The topological polar surface area (TPSA) is 3.24 Å². The van der Waals surface area contributed by atoms with Crippen molar-refractivity contribution in [2.24, 2.45) is 5.92 Å². The van der Waals surface area contributed by atoms with Gasteiger partial charge < -0.3 is 4.90 Å². The van der Waals surface area contributed by atoms with Crippen molar-refractivity contribution in [3.63, 3.8) is 0 Å². The van der Waals surface area contributed by atoms with Gasteiger partial charge in [-0.05, 0) is 31.9 Å². The van der Waals surface area contributed by atoms with Gasteiger partial charge in [0.15, 0.2) is 0 Å². The molecule has 1 aliphatic heterocycles. The average Bonchev–Trinajstić information content (AvgIpc) is 3.03. The van der Waals surface area contributed by atoms with Crippen molar-refractivity contribution in [2.45, 2.75) is 66.5 Å². The molecule has 2 rings (SSSR count). The molecule has 0 amide bonds. The Labute approximate surface area is 90.2 Å². The van der Waals surface area contributed by atoms with Gasteiger partial charge in [-0.3, -0.25) is 0 Å². The van der Waals surface area contributed by atoms with E-state index in [0.717, 1.165) is 18.0 Å². The maximum absolute atomic E-state index is 2.52. The summed E-state index contributed by atoms with van der Waals surface area (Å²) in [4.78, 5) is 2.52. The van der Waals surface area contributed by atoms with E-state index in [4.69, 9.17) is 0 Å². The van der Waals surface area contributed by atoms with Gasteiger partial charge in [0.05, 0.1) is 0 Å². The van der Waals surface area contributed by atoms with Crippen LogP contribution in [0.5, 0.6) is 0 Å². The van der Waals surface area contributed by atoms with E-state index < -0.39 is 0 Å². The summed E-state index contributed by atoms with van der Waals surface area (Å²) in [7, 11) is 0. The van der Waals surface area contributed by atoms with Crippen molar-refractivity contribution < 1.29 is 0 Å². The van der Waals surface area contributed by atoms with Gasteiger partial charge in [0.25, 0.3) is 0 Å². The second-order valence-electron chi connectivity index (χ2n) is 3.62. The van der Waals surface area contributed by atoms with Crippen molar-refractivity contribution in [2.75, 3.05) is 0 Å². The van der Waals surface area contributed by atoms with Crippen LogP contribution in [0.25, 0.3) is 0 Å². The quantitative estimate of drug-likeness (QED) is 0.613. The fourth-order valence-corrected chi connectivity index (χ4v) is 1.63. The van der Waals surface area contributed by atoms with Crippen LogP contribution in [0.4, 0.5) is 0 Å². The van der Waals surface area contributed by atoms with Crippen LogP contribution in [0, 0.1) is 5.92 Å². The lowest BCUT2D eigenvalue weighted by molar-refractivity contribution is 0.272. The fraction of sp³-hybridized carbons (Fsp3) is 0.846. The molecule has 1 heteroatoms. The third kappa shape index (κ3) is 3.36. The van der Waals surface area contributed by atoms with Crippen LogP contribution in [-0.2, 0) is 0 Å². The second-order valence-corrected chi connectivity index (χ2v) is 3.62. The third-order valence-corrected chi connectivity index (χ3v) is 2.76. The zero-order valence-electron chi connectivity index (χ0n) is 10.7. The molecule has 1 nitrogen and oxygen atoms in total. The van der Waals surface area contributed by atoms with Crippen LogP contribution < -0.4 is 0 Å². The second kappa shape index (κ2) is 6.92. The predicted molar refractivity (Wildman–Crippen MR) is 65.3 cm³/mol. The third-order valence-electron chi connectivity index (χ3n) is 2.76. The van der Waals surface area contributed by atoms with Crippen LogP contribution in [0.15, 0.2) is 12.3 Å². The summed E-state index contributed by atoms with van der Waals surface area (Å²) in [5.74, 6) is 0.764. The van der Waals surface area contributed by atoms with Gasteiger partial charge in [-0.15, -0.1) is 0 Å². The molecule has 1 aliphatic carbocycles. The average molecular weight is 197 g/mol. The Morgan fingerprint density at radius 2 is 1.50 bits per heavy atom. The van der Waals surface area contributed by atoms with Crippen molar-refractivity contribution in [3.05, 3.63) is 12.3 Å². The van der Waals surface area contributed by atoms with Crippen LogP contribution in [-0.4, -0.2) is 17.0 Å². The lowest BCUT2D eigenvalue weighted by Crippen LogP contribution is -2.29. The Hall–Kier alpha value is -0.460. The van der Waals surface area contributed by atoms with E-state index in [9.17, 15) is 0 Å². The Kier molecular flexibility index (Phi) is 6.69. The lowest BCUT2D eigenvalue weighted by atomic mass is 10.1. The molecule has 0 bridgehead atoms. The molecule has 2 atom stereocenters. The van der Waals surface area contributed by atoms with Crippen LogP contribution in [0.2, 0.25) is 0 Å². The molecule has 0 spiro atoms. The highest BCUT2D eigenvalue weighted by Gasteiger charge is 2.33. The van der Waals surface area contributed by atoms with Crippen LogP contribution in [0.1, 0.15) is 54.4 Å². The van der Waals surface area contributed by atoms with Crippen molar-refractivity contribution in [1.82, 2.24) is 4.90 Å². The normalized spacial score (nSPS) is 28.9. The Morgan fingerprint density at radius 3 is 1.79 bits per heavy atom. The molecule has 0 aromatic rings. The minimum Gasteiger partial charge on any atom is -0.371 e. The van der Waals surface area contributed by atoms with E-state index in [2.05, 4.69) is 31.0 Å². The van der Waals surface area contributed by atoms with E-state index in [-0.39, 0.29) is 0 Å². The van der Waals surface area contributed by atoms with Crippen molar-refractivity contribution in [1.29, 1.82) is 0 Å². The minimum atomic E-state index is 0.757. The first-order valence-corrected chi connectivity index (χ1v) is 6.25. The zero-order valence-corrected chi connectivity index (χ0v) is 10.7. The van der Waals surface area contributed by atoms with E-state index in [0.29, 0.717) is 0 Å². The van der Waals surface area contributed by atoms with Gasteiger partial charge in [0.1, 0.15) is 0 Å². The number of rotatable bonds is 1. The first-order chi connectivity index (χ1) is 6.79. The van der Waals surface area contributed by atoms with Gasteiger partial charge in [-0.1, -0.05) is 40.7 Å². The molecule has 2 aliphatic rings. The summed E-state index contributed by atoms with van der Waals surface area (Å²) in [5, 5.41) is 0. The summed E-state index contributed by atoms with van der Waals surface area (Å²) >= 11 is 0. The number of nitrogens with zero attached hydrogens (tertiary/aromatic N) is 1. The van der Waals surface area contributed by atoms with Gasteiger partial charge in [0.2, 0.25) is 0 Å². The van der Waals surface area contributed by atoms with E-state index >= 15 is 0 Å². The maximum Gasteiger partial charge on any atom is 0.0319 e. The summed E-state index contributed by atoms with van der Waals surface area (Å²) < 4.78 is 0. The van der Waals surface area contributed by atoms with E-state index in [1.165, 1.54) is 12.8 Å². The van der Waals surface area contributed by atoms with Crippen LogP contribution in [0.3, 0.4) is 0 Å². The Morgan fingerprint density at radius 1 is 1.00 bits per heavy atom. The summed E-state index contributed by atoms with van der Waals surface area (Å²) in [6, 6.07) is 1.66. The van der Waals surface area contributed by atoms with Crippen LogP contribution >= 0.6 is 0 Å². The lowest BCUT2D eigenvalue weighted by Gasteiger charge is -2.24. The summed E-state index contributed by atoms with van der Waals surface area (Å²) in [6.07, 6.45) is 7.44. The zero-order chi connectivity index (χ0) is 11.1. The first-order valence-electron chi connectivity index (χ1n) is 6.25. The molecule has 0 aromatic carbocycles. The van der Waals surface area contributed by atoms with E-state index in [1.807, 2.05) is 27.7 Å². The monoisotopic (exact) mass is 197 g/mol. The predicted octanol–water partition coefficient (Wildman–Crippen LogP) is 4.06. The first kappa shape index (κ1) is 13.5. The molecular weight excluding hydrogens is 170 g/mol. The fourth-order valence-electron chi connectivity index (χ4n) is 1.63. The molecule has 84 valence electrons. The number of hydrogen-bond acceptors (Lipinski definition) is 1. The van der Waals surface area contributed by atoms with Gasteiger partial charge in [-0.2, -0.15) is 0 Å². The largest absolute Gasteiger partial charge is 0.371 e. The molecule has 0 saturated heterocycles. The highest BCUT2D eigenvalue weighted by Crippen LogP contribution is 2.34. The molecular formula is C13H27N. The van der Waals surface area contributed by atoms with E-state index in [1.54, 1.807) is 0 Å². The molecule has 1 saturated carbocycles. The van der Waals surface area contributed by atoms with Gasteiger partial charge in [-0.25, -0.2) is 0 Å². The Bertz CT molecular complexity index is 159. The highest BCUT2D eigenvalue weighted by molar-refractivity contribution is 5.06. The molecule has 0 N–H and O–H groups in total. The molecule has 1 heterocycles. The standard InChI is InChI=1S/C9H15N.2C2H6/c1-7-5-6-10(8(7)2)9-3-4-9;2*1-2/h5-9H,3-4H2,1-2H3;2*1-2H3. The SMILES string of the molecule is CC.CC.CC1C=CN(C2CC2)C1C. The van der Waals surface area contributed by atoms with Crippen molar-refractivity contribution >= 4 is 0 Å². The summed E-state index contributed by atoms with van der Waals surface area (Å²) in [6.45, 7) is 12.6. The smallest absolute Gasteiger partial charge is 0.0319 e. The minimum absolute atomic E-state index is 0.757. The molecule has 2 unspecified atom stereocenters. The van der Waals surface area contributed by atoms with Gasteiger partial charge >= 0.3 is 0 Å². The number of hydrogen-bond donors (Lipinski definition) is 0. The molecule has 14 heavy (non-hydrogen) atoms. The maximum atomic E-state index is 2.52. The molecule has 0 aromatic heterocycles. The summed E-state index contributed by atoms with van der Waals surface area (Å²) in [5.41, 5.74) is 0. The Balaban J connectivity index is 0.000000379. The van der Waals surface area contributed by atoms with Gasteiger partial charge in [0, 0.05) is 12.1 Å². The highest BCUT2D eigenvalue weighted by atomic mass is 15.2. The van der Waals surface area contributed by atoms with Crippen molar-refractivity contribution in [3.8, 4) is 0 Å². The molecule has 0 radical (unpaired) electrons.